The first-order valence-corrected chi connectivity index (χ1v) is 8.88. The highest BCUT2D eigenvalue weighted by molar-refractivity contribution is 6.02. The maximum Gasteiger partial charge on any atom is 0.190 e. The zero-order valence-electron chi connectivity index (χ0n) is 14.6. The Hall–Kier alpha value is -2.29. The molecule has 0 fully saturated rings. The first-order valence-electron chi connectivity index (χ1n) is 8.88. The Morgan fingerprint density at radius 2 is 1.88 bits per heavy atom. The molecule has 0 radical (unpaired) electrons. The fraction of sp³-hybridized carbons (Fsp3) is 0.381. The van der Waals surface area contributed by atoms with Gasteiger partial charge in [0.2, 0.25) is 0 Å². The molecule has 2 aromatic rings. The molecule has 0 aromatic heterocycles. The highest BCUT2D eigenvalue weighted by Crippen LogP contribution is 2.44. The zero-order valence-corrected chi connectivity index (χ0v) is 14.6. The molecule has 2 unspecified atom stereocenters. The van der Waals surface area contributed by atoms with Crippen LogP contribution in [0.5, 0.6) is 5.75 Å². The Morgan fingerprint density at radius 3 is 2.58 bits per heavy atom. The summed E-state index contributed by atoms with van der Waals surface area (Å²) in [5, 5.41) is 7.14. The van der Waals surface area contributed by atoms with Gasteiger partial charge in [0, 0.05) is 17.9 Å². The molecule has 0 saturated heterocycles. The van der Waals surface area contributed by atoms with E-state index in [2.05, 4.69) is 68.2 Å². The number of hydrazone groups is 1. The van der Waals surface area contributed by atoms with Crippen molar-refractivity contribution >= 4 is 5.71 Å². The molecule has 0 bridgehead atoms. The normalized spacial score (nSPS) is 22.0. The third-order valence-electron chi connectivity index (χ3n) is 4.99. The Labute approximate surface area is 144 Å². The van der Waals surface area contributed by atoms with Crippen molar-refractivity contribution < 1.29 is 4.74 Å². The van der Waals surface area contributed by atoms with Gasteiger partial charge in [-0.15, -0.1) is 0 Å². The number of para-hydroxylation sites is 1. The lowest BCUT2D eigenvalue weighted by Gasteiger charge is -2.39. The molecule has 2 atom stereocenters. The monoisotopic (exact) mass is 320 g/mol. The lowest BCUT2D eigenvalue weighted by Crippen LogP contribution is -2.43. The van der Waals surface area contributed by atoms with Gasteiger partial charge in [0.05, 0.1) is 11.8 Å². The fourth-order valence-electron chi connectivity index (χ4n) is 3.61. The maximum atomic E-state index is 6.25. The van der Waals surface area contributed by atoms with E-state index in [9.17, 15) is 0 Å². The van der Waals surface area contributed by atoms with E-state index in [4.69, 9.17) is 9.84 Å². The van der Waals surface area contributed by atoms with Crippen LogP contribution in [-0.2, 0) is 6.42 Å². The summed E-state index contributed by atoms with van der Waals surface area (Å²) in [7, 11) is 0. The third-order valence-corrected chi connectivity index (χ3v) is 4.99. The summed E-state index contributed by atoms with van der Waals surface area (Å²) in [6.07, 6.45) is 2.00. The van der Waals surface area contributed by atoms with Crippen LogP contribution in [0, 0.1) is 5.92 Å². The molecule has 2 aromatic carbocycles. The molecule has 0 aliphatic carbocycles. The number of fused-ring (bicyclic) bond motifs is 3. The average Bonchev–Trinajstić information content (AvgIpc) is 3.06. The molecule has 3 heteroatoms. The van der Waals surface area contributed by atoms with Gasteiger partial charge in [0.1, 0.15) is 5.75 Å². The Kier molecular flexibility index (Phi) is 3.79. The lowest BCUT2D eigenvalue weighted by atomic mass is 9.95. The minimum atomic E-state index is -0.00249. The molecule has 24 heavy (non-hydrogen) atoms. The second kappa shape index (κ2) is 5.97. The maximum absolute atomic E-state index is 6.25. The molecule has 0 saturated carbocycles. The van der Waals surface area contributed by atoms with Gasteiger partial charge in [-0.3, -0.25) is 0 Å². The van der Waals surface area contributed by atoms with Gasteiger partial charge < -0.3 is 4.74 Å². The molecule has 2 aliphatic rings. The number of ether oxygens (including phenoxy) is 1. The fourth-order valence-corrected chi connectivity index (χ4v) is 3.61. The van der Waals surface area contributed by atoms with Crippen LogP contribution in [-0.4, -0.2) is 16.9 Å². The number of aryl methyl sites for hydroxylation is 1. The highest BCUT2D eigenvalue weighted by atomic mass is 16.5. The van der Waals surface area contributed by atoms with Crippen molar-refractivity contribution in [3.05, 3.63) is 65.2 Å². The predicted octanol–water partition coefficient (Wildman–Crippen LogP) is 4.77. The summed E-state index contributed by atoms with van der Waals surface area (Å²) in [5.41, 5.74) is 5.00. The molecule has 4 rings (SSSR count). The number of rotatable bonds is 3. The zero-order chi connectivity index (χ0) is 16.7. The van der Waals surface area contributed by atoms with E-state index in [-0.39, 0.29) is 12.3 Å². The number of hydrogen-bond acceptors (Lipinski definition) is 3. The van der Waals surface area contributed by atoms with E-state index < -0.39 is 0 Å². The highest BCUT2D eigenvalue weighted by Gasteiger charge is 2.41. The summed E-state index contributed by atoms with van der Waals surface area (Å²) in [4.78, 5) is 0. The van der Waals surface area contributed by atoms with Crippen LogP contribution in [0.25, 0.3) is 0 Å². The van der Waals surface area contributed by atoms with E-state index in [1.54, 1.807) is 0 Å². The second-order valence-electron chi connectivity index (χ2n) is 6.99. The van der Waals surface area contributed by atoms with Crippen LogP contribution in [0.4, 0.5) is 0 Å². The van der Waals surface area contributed by atoms with Gasteiger partial charge in [-0.05, 0) is 23.6 Å². The summed E-state index contributed by atoms with van der Waals surface area (Å²) < 4.78 is 6.25. The van der Waals surface area contributed by atoms with E-state index in [0.29, 0.717) is 5.92 Å². The Balaban J connectivity index is 1.70. The smallest absolute Gasteiger partial charge is 0.190 e. The summed E-state index contributed by atoms with van der Waals surface area (Å²) in [5.74, 6) is 1.39. The van der Waals surface area contributed by atoms with Crippen molar-refractivity contribution in [3.63, 3.8) is 0 Å². The van der Waals surface area contributed by atoms with Gasteiger partial charge in [-0.25, -0.2) is 5.01 Å². The van der Waals surface area contributed by atoms with Gasteiger partial charge in [-0.1, -0.05) is 63.2 Å². The number of nitrogens with zero attached hydrogens (tertiary/aromatic N) is 2. The molecule has 3 nitrogen and oxygen atoms in total. The van der Waals surface area contributed by atoms with Gasteiger partial charge in [0.25, 0.3) is 0 Å². The first-order chi connectivity index (χ1) is 11.7. The van der Waals surface area contributed by atoms with Gasteiger partial charge >= 0.3 is 0 Å². The van der Waals surface area contributed by atoms with Crippen molar-refractivity contribution in [2.75, 3.05) is 0 Å². The molecule has 0 amide bonds. The van der Waals surface area contributed by atoms with Crippen LogP contribution in [0.3, 0.4) is 0 Å². The second-order valence-corrected chi connectivity index (χ2v) is 6.99. The van der Waals surface area contributed by atoms with E-state index >= 15 is 0 Å². The minimum Gasteiger partial charge on any atom is -0.468 e. The minimum absolute atomic E-state index is 0.00249. The SMILES string of the molecule is CCc1ccc(C2=NN3C(C2)c2ccccc2OC3C(C)C)cc1. The summed E-state index contributed by atoms with van der Waals surface area (Å²) >= 11 is 0. The van der Waals surface area contributed by atoms with Crippen LogP contribution in [0.1, 0.15) is 49.9 Å². The quantitative estimate of drug-likeness (QED) is 0.813. The summed E-state index contributed by atoms with van der Waals surface area (Å²) in [6.45, 7) is 6.57. The topological polar surface area (TPSA) is 24.8 Å². The summed E-state index contributed by atoms with van der Waals surface area (Å²) in [6, 6.07) is 17.5. The van der Waals surface area contributed by atoms with Crippen molar-refractivity contribution in [1.29, 1.82) is 0 Å². The molecule has 0 N–H and O–H groups in total. The molecule has 124 valence electrons. The number of hydrogen-bond donors (Lipinski definition) is 0. The Morgan fingerprint density at radius 1 is 1.12 bits per heavy atom. The standard InChI is InChI=1S/C21H24N2O/c1-4-15-9-11-16(12-10-15)18-13-19-17-7-5-6-8-20(17)24-21(14(2)3)23(19)22-18/h5-12,14,19,21H,4,13H2,1-3H3. The molecular formula is C21H24N2O. The average molecular weight is 320 g/mol. The van der Waals surface area contributed by atoms with Gasteiger partial charge in [-0.2, -0.15) is 5.10 Å². The van der Waals surface area contributed by atoms with Gasteiger partial charge in [0.15, 0.2) is 6.23 Å². The third kappa shape index (κ3) is 2.48. The molecular weight excluding hydrogens is 296 g/mol. The van der Waals surface area contributed by atoms with Crippen LogP contribution in [0.2, 0.25) is 0 Å². The Bertz CT molecular complexity index is 764. The van der Waals surface area contributed by atoms with Crippen molar-refractivity contribution in [2.45, 2.75) is 45.9 Å². The van der Waals surface area contributed by atoms with Crippen LogP contribution < -0.4 is 4.74 Å². The first kappa shape index (κ1) is 15.3. The van der Waals surface area contributed by atoms with Crippen molar-refractivity contribution in [1.82, 2.24) is 5.01 Å². The molecule has 0 spiro atoms. The lowest BCUT2D eigenvalue weighted by molar-refractivity contribution is -0.0461. The van der Waals surface area contributed by atoms with Crippen molar-refractivity contribution in [2.24, 2.45) is 11.0 Å². The largest absolute Gasteiger partial charge is 0.468 e. The van der Waals surface area contributed by atoms with Crippen LogP contribution >= 0.6 is 0 Å². The van der Waals surface area contributed by atoms with Crippen LogP contribution in [0.15, 0.2) is 53.6 Å². The molecule has 2 heterocycles. The van der Waals surface area contributed by atoms with E-state index in [0.717, 1.165) is 24.3 Å². The van der Waals surface area contributed by atoms with E-state index in [1.165, 1.54) is 16.7 Å². The predicted molar refractivity (Wildman–Crippen MR) is 97.3 cm³/mol. The number of benzene rings is 2. The van der Waals surface area contributed by atoms with E-state index in [1.807, 2.05) is 6.07 Å². The van der Waals surface area contributed by atoms with Crippen molar-refractivity contribution in [3.8, 4) is 5.75 Å². The molecule has 2 aliphatic heterocycles.